The van der Waals surface area contributed by atoms with E-state index in [9.17, 15) is 13.2 Å². The number of nitrogens with zero attached hydrogens (tertiary/aromatic N) is 5. The van der Waals surface area contributed by atoms with Crippen LogP contribution in [0.3, 0.4) is 0 Å². The fourth-order valence-electron chi connectivity index (χ4n) is 2.09. The van der Waals surface area contributed by atoms with Crippen molar-refractivity contribution in [1.29, 1.82) is 0 Å². The lowest BCUT2D eigenvalue weighted by Crippen LogP contribution is -2.09. The van der Waals surface area contributed by atoms with Gasteiger partial charge in [0.2, 0.25) is 0 Å². The predicted octanol–water partition coefficient (Wildman–Crippen LogP) is 3.99. The third-order valence-electron chi connectivity index (χ3n) is 3.25. The molecule has 0 atom stereocenters. The topological polar surface area (TPSA) is 69.6 Å². The molecule has 0 fully saturated rings. The highest BCUT2D eigenvalue weighted by Crippen LogP contribution is 2.31. The molecule has 0 radical (unpaired) electrons. The van der Waals surface area contributed by atoms with Crippen LogP contribution >= 0.6 is 11.8 Å². The average molecular weight is 367 g/mol. The largest absolute Gasteiger partial charge is 0.469 e. The average Bonchev–Trinajstić information content (AvgIpc) is 3.14. The van der Waals surface area contributed by atoms with E-state index >= 15 is 0 Å². The fourth-order valence-corrected chi connectivity index (χ4v) is 2.85. The van der Waals surface area contributed by atoms with Crippen molar-refractivity contribution in [2.75, 3.05) is 0 Å². The Morgan fingerprint density at radius 3 is 2.56 bits per heavy atom. The molecule has 10 heteroatoms. The summed E-state index contributed by atoms with van der Waals surface area (Å²) >= 11 is 1.07. The van der Waals surface area contributed by atoms with E-state index in [4.69, 9.17) is 4.42 Å². The van der Waals surface area contributed by atoms with Gasteiger partial charge in [-0.3, -0.25) is 4.57 Å². The third kappa shape index (κ3) is 3.58. The molecule has 0 spiro atoms. The number of aromatic nitrogens is 5. The molecule has 3 aromatic heterocycles. The van der Waals surface area contributed by atoms with Crippen molar-refractivity contribution in [3.63, 3.8) is 0 Å². The zero-order valence-corrected chi connectivity index (χ0v) is 13.8. The maximum absolute atomic E-state index is 12.6. The Kier molecular flexibility index (Phi) is 4.62. The maximum Gasteiger partial charge on any atom is 0.435 e. The van der Waals surface area contributed by atoms with Crippen LogP contribution in [0, 0.1) is 6.92 Å². The molecule has 6 nitrogen and oxygen atoms in total. The lowest BCUT2D eigenvalue weighted by atomic mass is 10.2. The van der Waals surface area contributed by atoms with Gasteiger partial charge in [-0.2, -0.15) is 13.2 Å². The molecule has 0 amide bonds. The van der Waals surface area contributed by atoms with Crippen molar-refractivity contribution in [3.05, 3.63) is 48.6 Å². The van der Waals surface area contributed by atoms with Crippen molar-refractivity contribution >= 4 is 11.8 Å². The summed E-state index contributed by atoms with van der Waals surface area (Å²) < 4.78 is 44.7. The minimum atomic E-state index is -4.52. The van der Waals surface area contributed by atoms with Gasteiger partial charge in [-0.25, -0.2) is 0 Å². The van der Waals surface area contributed by atoms with Crippen LogP contribution in [0.2, 0.25) is 0 Å². The van der Waals surface area contributed by atoms with Gasteiger partial charge in [-0.05, 0) is 36.9 Å². The molecule has 0 aromatic carbocycles. The number of alkyl halides is 3. The summed E-state index contributed by atoms with van der Waals surface area (Å²) in [6, 6.07) is 3.90. The summed E-state index contributed by atoms with van der Waals surface area (Å²) in [5, 5.41) is 15.8. The number of rotatable bonds is 5. The second-order valence-corrected chi connectivity index (χ2v) is 5.94. The summed E-state index contributed by atoms with van der Waals surface area (Å²) in [6.07, 6.45) is -1.30. The highest BCUT2D eigenvalue weighted by Gasteiger charge is 2.33. The molecule has 0 N–H and O–H groups in total. The van der Waals surface area contributed by atoms with Crippen molar-refractivity contribution < 1.29 is 17.6 Å². The summed E-state index contributed by atoms with van der Waals surface area (Å²) in [6.45, 7) is 5.93. The van der Waals surface area contributed by atoms with Gasteiger partial charge < -0.3 is 4.42 Å². The molecule has 0 saturated heterocycles. The summed E-state index contributed by atoms with van der Waals surface area (Å²) in [5.41, 5.74) is -0.265. The Balaban J connectivity index is 1.91. The van der Waals surface area contributed by atoms with Crippen LogP contribution in [0.25, 0.3) is 11.4 Å². The summed E-state index contributed by atoms with van der Waals surface area (Å²) in [7, 11) is 0. The third-order valence-corrected chi connectivity index (χ3v) is 4.17. The molecule has 0 aliphatic carbocycles. The second kappa shape index (κ2) is 6.71. The van der Waals surface area contributed by atoms with Gasteiger partial charge in [0, 0.05) is 6.54 Å². The molecule has 130 valence electrons. The van der Waals surface area contributed by atoms with Gasteiger partial charge in [0.05, 0.1) is 11.8 Å². The van der Waals surface area contributed by atoms with Crippen LogP contribution < -0.4 is 0 Å². The Hall–Kier alpha value is -2.62. The first-order valence-corrected chi connectivity index (χ1v) is 7.89. The quantitative estimate of drug-likeness (QED) is 0.635. The van der Waals surface area contributed by atoms with Gasteiger partial charge in [-0.15, -0.1) is 27.0 Å². The van der Waals surface area contributed by atoms with E-state index in [2.05, 4.69) is 27.0 Å². The van der Waals surface area contributed by atoms with E-state index in [1.807, 2.05) is 0 Å². The minimum Gasteiger partial charge on any atom is -0.469 e. The Labute approximate surface area is 144 Å². The Morgan fingerprint density at radius 1 is 1.20 bits per heavy atom. The van der Waals surface area contributed by atoms with Crippen LogP contribution in [0.1, 0.15) is 11.5 Å². The molecule has 0 aliphatic rings. The van der Waals surface area contributed by atoms with Crippen molar-refractivity contribution in [2.24, 2.45) is 0 Å². The highest BCUT2D eigenvalue weighted by atomic mass is 32.2. The van der Waals surface area contributed by atoms with E-state index in [1.54, 1.807) is 29.9 Å². The molecule has 25 heavy (non-hydrogen) atoms. The molecule has 0 unspecified atom stereocenters. The Morgan fingerprint density at radius 2 is 2.00 bits per heavy atom. The van der Waals surface area contributed by atoms with Crippen molar-refractivity contribution in [2.45, 2.75) is 29.8 Å². The Bertz CT molecular complexity index is 885. The van der Waals surface area contributed by atoms with Crippen LogP contribution in [0.5, 0.6) is 0 Å². The lowest BCUT2D eigenvalue weighted by Gasteiger charge is -2.07. The summed E-state index contributed by atoms with van der Waals surface area (Å²) in [5.74, 6) is 1.26. The predicted molar refractivity (Wildman–Crippen MR) is 83.8 cm³/mol. The maximum atomic E-state index is 12.6. The number of furan rings is 1. The number of allylic oxidation sites excluding steroid dienone is 1. The van der Waals surface area contributed by atoms with E-state index < -0.39 is 11.9 Å². The molecule has 0 saturated carbocycles. The van der Waals surface area contributed by atoms with Gasteiger partial charge >= 0.3 is 6.18 Å². The number of halogens is 3. The van der Waals surface area contributed by atoms with Crippen LogP contribution in [-0.2, 0) is 12.7 Å². The molecule has 3 aromatic rings. The van der Waals surface area contributed by atoms with Gasteiger partial charge in [0.25, 0.3) is 0 Å². The number of hydrogen-bond donors (Lipinski definition) is 0. The van der Waals surface area contributed by atoms with Crippen molar-refractivity contribution in [3.8, 4) is 11.4 Å². The van der Waals surface area contributed by atoms with E-state index in [0.717, 1.165) is 23.4 Å². The minimum absolute atomic E-state index is 0.279. The van der Waals surface area contributed by atoms with E-state index in [-0.39, 0.29) is 5.03 Å². The SMILES string of the molecule is C=CCn1c(Sc2ccc(C(F)(F)F)nn2)nnc1-c1ccoc1C. The van der Waals surface area contributed by atoms with Gasteiger partial charge in [0.15, 0.2) is 16.7 Å². The molecular weight excluding hydrogens is 355 g/mol. The molecule has 0 aliphatic heterocycles. The lowest BCUT2D eigenvalue weighted by molar-refractivity contribution is -0.141. The molecule has 3 heterocycles. The molecule has 0 bridgehead atoms. The first-order chi connectivity index (χ1) is 11.9. The zero-order chi connectivity index (χ0) is 18.0. The summed E-state index contributed by atoms with van der Waals surface area (Å²) in [4.78, 5) is 0. The molecular formula is C15H12F3N5OS. The van der Waals surface area contributed by atoms with Gasteiger partial charge in [0.1, 0.15) is 10.8 Å². The highest BCUT2D eigenvalue weighted by molar-refractivity contribution is 7.99. The van der Waals surface area contributed by atoms with Crippen LogP contribution in [0.15, 0.2) is 51.7 Å². The van der Waals surface area contributed by atoms with E-state index in [0.29, 0.717) is 23.3 Å². The number of aryl methyl sites for hydroxylation is 1. The zero-order valence-electron chi connectivity index (χ0n) is 13.0. The first-order valence-electron chi connectivity index (χ1n) is 7.07. The second-order valence-electron chi connectivity index (χ2n) is 4.95. The monoisotopic (exact) mass is 367 g/mol. The van der Waals surface area contributed by atoms with Crippen molar-refractivity contribution in [1.82, 2.24) is 25.0 Å². The first kappa shape index (κ1) is 17.2. The van der Waals surface area contributed by atoms with Gasteiger partial charge in [-0.1, -0.05) is 6.08 Å². The fraction of sp³-hybridized carbons (Fsp3) is 0.200. The normalized spacial score (nSPS) is 11.7. The standard InChI is InChI=1S/C15H12F3N5OS/c1-3-7-23-13(10-6-8-24-9(10)2)21-22-14(23)25-12-5-4-11(19-20-12)15(16,17)18/h3-6,8H,1,7H2,2H3. The number of hydrogen-bond acceptors (Lipinski definition) is 6. The smallest absolute Gasteiger partial charge is 0.435 e. The van der Waals surface area contributed by atoms with Crippen LogP contribution in [0.4, 0.5) is 13.2 Å². The molecule has 3 rings (SSSR count). The van der Waals surface area contributed by atoms with E-state index in [1.165, 1.54) is 6.07 Å². The van der Waals surface area contributed by atoms with Crippen LogP contribution in [-0.4, -0.2) is 25.0 Å².